The molecule has 0 spiro atoms. The monoisotopic (exact) mass is 391 g/mol. The topological polar surface area (TPSA) is 52.6 Å². The Kier molecular flexibility index (Phi) is 6.73. The van der Waals surface area contributed by atoms with Gasteiger partial charge in [0.1, 0.15) is 11.6 Å². The third-order valence-electron chi connectivity index (χ3n) is 4.61. The smallest absolute Gasteiger partial charge is 0.191 e. The first kappa shape index (κ1) is 20.0. The van der Waals surface area contributed by atoms with Gasteiger partial charge in [-0.05, 0) is 44.0 Å². The first-order chi connectivity index (χ1) is 13.6. The van der Waals surface area contributed by atoms with Crippen LogP contribution in [0.4, 0.5) is 19.0 Å². The number of hydrogen-bond donors (Lipinski definition) is 2. The number of guanidine groups is 1. The second-order valence-electron chi connectivity index (χ2n) is 6.60. The molecule has 3 rings (SSSR count). The lowest BCUT2D eigenvalue weighted by Crippen LogP contribution is -2.44. The average Bonchev–Trinajstić information content (AvgIpc) is 3.13. The molecule has 28 heavy (non-hydrogen) atoms. The van der Waals surface area contributed by atoms with Crippen molar-refractivity contribution < 1.29 is 13.2 Å². The summed E-state index contributed by atoms with van der Waals surface area (Å²) in [5.74, 6) is -0.527. The summed E-state index contributed by atoms with van der Waals surface area (Å²) < 4.78 is 41.4. The standard InChI is InChI=1S/C20H24F3N5/c1-2-24-20(26-11-8-15-16(21)5-3-6-17(15)22)27-14-9-12-28(13-14)19-18(23)7-4-10-25-19/h3-7,10,14H,2,8-9,11-13H2,1H3,(H2,24,26,27). The summed E-state index contributed by atoms with van der Waals surface area (Å²) in [7, 11) is 0. The molecule has 1 unspecified atom stereocenters. The highest BCUT2D eigenvalue weighted by Crippen LogP contribution is 2.20. The number of rotatable bonds is 6. The Morgan fingerprint density at radius 3 is 2.64 bits per heavy atom. The molecule has 1 aromatic carbocycles. The van der Waals surface area contributed by atoms with Gasteiger partial charge in [-0.3, -0.25) is 4.99 Å². The van der Waals surface area contributed by atoms with E-state index in [-0.39, 0.29) is 30.4 Å². The lowest BCUT2D eigenvalue weighted by atomic mass is 10.1. The third kappa shape index (κ3) is 4.94. The maximum Gasteiger partial charge on any atom is 0.191 e. The molecule has 0 amide bonds. The van der Waals surface area contributed by atoms with Crippen LogP contribution >= 0.6 is 0 Å². The fourth-order valence-corrected chi connectivity index (χ4v) is 3.24. The molecule has 150 valence electrons. The van der Waals surface area contributed by atoms with Crippen molar-refractivity contribution in [3.63, 3.8) is 0 Å². The zero-order chi connectivity index (χ0) is 19.9. The predicted octanol–water partition coefficient (Wildman–Crippen LogP) is 2.88. The first-order valence-corrected chi connectivity index (χ1v) is 9.41. The van der Waals surface area contributed by atoms with E-state index in [9.17, 15) is 13.2 Å². The van der Waals surface area contributed by atoms with Crippen LogP contribution in [0.15, 0.2) is 41.5 Å². The summed E-state index contributed by atoms with van der Waals surface area (Å²) in [4.78, 5) is 10.4. The van der Waals surface area contributed by atoms with Crippen LogP contribution in [0.25, 0.3) is 0 Å². The van der Waals surface area contributed by atoms with Crippen molar-refractivity contribution in [3.05, 3.63) is 59.5 Å². The second-order valence-corrected chi connectivity index (χ2v) is 6.60. The molecule has 1 atom stereocenters. The minimum atomic E-state index is -0.558. The molecule has 1 fully saturated rings. The number of aliphatic imine (C=N–C) groups is 1. The van der Waals surface area contributed by atoms with Crippen molar-refractivity contribution in [2.75, 3.05) is 31.1 Å². The Bertz CT molecular complexity index is 807. The molecule has 2 aromatic rings. The molecular formula is C20H24F3N5. The largest absolute Gasteiger partial charge is 0.357 e. The average molecular weight is 391 g/mol. The highest BCUT2D eigenvalue weighted by molar-refractivity contribution is 5.80. The molecule has 1 aliphatic rings. The van der Waals surface area contributed by atoms with Gasteiger partial charge in [-0.25, -0.2) is 18.2 Å². The summed E-state index contributed by atoms with van der Waals surface area (Å²) in [5, 5.41) is 6.45. The van der Waals surface area contributed by atoms with E-state index < -0.39 is 11.6 Å². The highest BCUT2D eigenvalue weighted by atomic mass is 19.1. The highest BCUT2D eigenvalue weighted by Gasteiger charge is 2.25. The summed E-state index contributed by atoms with van der Waals surface area (Å²) in [5.41, 5.74) is 0.0415. The number of nitrogens with one attached hydrogen (secondary N) is 2. The Morgan fingerprint density at radius 1 is 1.18 bits per heavy atom. The van der Waals surface area contributed by atoms with E-state index in [2.05, 4.69) is 20.6 Å². The number of anilines is 1. The number of halogens is 3. The SMILES string of the molecule is CCNC(=NCCc1c(F)cccc1F)NC1CCN(c2ncccc2F)C1. The van der Waals surface area contributed by atoms with Crippen LogP contribution in [0.2, 0.25) is 0 Å². The van der Waals surface area contributed by atoms with E-state index >= 15 is 0 Å². The van der Waals surface area contributed by atoms with Gasteiger partial charge in [0, 0.05) is 44.0 Å². The summed E-state index contributed by atoms with van der Waals surface area (Å²) in [6.07, 6.45) is 2.56. The maximum atomic E-state index is 13.9. The summed E-state index contributed by atoms with van der Waals surface area (Å²) in [6, 6.07) is 6.88. The van der Waals surface area contributed by atoms with Crippen LogP contribution in [0, 0.1) is 17.5 Å². The number of aromatic nitrogens is 1. The van der Waals surface area contributed by atoms with E-state index in [4.69, 9.17) is 0 Å². The van der Waals surface area contributed by atoms with Crippen LogP contribution in [-0.4, -0.2) is 43.2 Å². The van der Waals surface area contributed by atoms with Crippen LogP contribution < -0.4 is 15.5 Å². The van der Waals surface area contributed by atoms with E-state index in [1.54, 1.807) is 12.3 Å². The Hall–Kier alpha value is -2.77. The van der Waals surface area contributed by atoms with Crippen LogP contribution in [0.1, 0.15) is 18.9 Å². The fraction of sp³-hybridized carbons (Fsp3) is 0.400. The van der Waals surface area contributed by atoms with E-state index in [1.807, 2.05) is 11.8 Å². The van der Waals surface area contributed by atoms with Gasteiger partial charge in [-0.15, -0.1) is 0 Å². The molecule has 0 aliphatic carbocycles. The van der Waals surface area contributed by atoms with Gasteiger partial charge in [-0.2, -0.15) is 0 Å². The lowest BCUT2D eigenvalue weighted by Gasteiger charge is -2.20. The lowest BCUT2D eigenvalue weighted by molar-refractivity contribution is 0.555. The van der Waals surface area contributed by atoms with Gasteiger partial charge in [0.25, 0.3) is 0 Å². The zero-order valence-corrected chi connectivity index (χ0v) is 15.8. The molecule has 8 heteroatoms. The molecule has 2 N–H and O–H groups in total. The Labute approximate surface area is 162 Å². The van der Waals surface area contributed by atoms with Crippen LogP contribution in [0.5, 0.6) is 0 Å². The quantitative estimate of drug-likeness (QED) is 0.587. The zero-order valence-electron chi connectivity index (χ0n) is 15.8. The molecule has 1 aliphatic heterocycles. The number of benzene rings is 1. The minimum Gasteiger partial charge on any atom is -0.357 e. The van der Waals surface area contributed by atoms with Gasteiger partial charge < -0.3 is 15.5 Å². The van der Waals surface area contributed by atoms with Gasteiger partial charge >= 0.3 is 0 Å². The van der Waals surface area contributed by atoms with Gasteiger partial charge in [0.05, 0.1) is 0 Å². The molecule has 0 saturated carbocycles. The first-order valence-electron chi connectivity index (χ1n) is 9.41. The van der Waals surface area contributed by atoms with Crippen molar-refractivity contribution in [3.8, 4) is 0 Å². The van der Waals surface area contributed by atoms with Crippen molar-refractivity contribution in [2.24, 2.45) is 4.99 Å². The second kappa shape index (κ2) is 9.43. The summed E-state index contributed by atoms with van der Waals surface area (Å²) in [6.45, 7) is 4.13. The molecule has 1 saturated heterocycles. The van der Waals surface area contributed by atoms with Crippen LogP contribution in [0.3, 0.4) is 0 Å². The third-order valence-corrected chi connectivity index (χ3v) is 4.61. The maximum absolute atomic E-state index is 13.9. The van der Waals surface area contributed by atoms with Gasteiger partial charge in [0.2, 0.25) is 0 Å². The van der Waals surface area contributed by atoms with Crippen molar-refractivity contribution in [2.45, 2.75) is 25.8 Å². The Morgan fingerprint density at radius 2 is 1.93 bits per heavy atom. The predicted molar refractivity (Wildman–Crippen MR) is 104 cm³/mol. The van der Waals surface area contributed by atoms with E-state index in [0.717, 1.165) is 6.42 Å². The number of nitrogens with zero attached hydrogens (tertiary/aromatic N) is 3. The molecular weight excluding hydrogens is 367 g/mol. The van der Waals surface area contributed by atoms with E-state index in [1.165, 1.54) is 24.3 Å². The number of pyridine rings is 1. The molecule has 0 radical (unpaired) electrons. The normalized spacial score (nSPS) is 17.1. The molecule has 5 nitrogen and oxygen atoms in total. The van der Waals surface area contributed by atoms with Crippen molar-refractivity contribution >= 4 is 11.8 Å². The van der Waals surface area contributed by atoms with E-state index in [0.29, 0.717) is 31.4 Å². The Balaban J connectivity index is 1.59. The minimum absolute atomic E-state index is 0.0415. The fourth-order valence-electron chi connectivity index (χ4n) is 3.24. The van der Waals surface area contributed by atoms with Crippen molar-refractivity contribution in [1.29, 1.82) is 0 Å². The molecule has 0 bridgehead atoms. The van der Waals surface area contributed by atoms with Gasteiger partial charge in [-0.1, -0.05) is 6.07 Å². The van der Waals surface area contributed by atoms with Crippen molar-refractivity contribution in [1.82, 2.24) is 15.6 Å². The molecule has 2 heterocycles. The van der Waals surface area contributed by atoms with Gasteiger partial charge in [0.15, 0.2) is 17.6 Å². The van der Waals surface area contributed by atoms with Crippen LogP contribution in [-0.2, 0) is 6.42 Å². The summed E-state index contributed by atoms with van der Waals surface area (Å²) >= 11 is 0. The number of hydrogen-bond acceptors (Lipinski definition) is 3. The molecule has 1 aromatic heterocycles.